The molecule has 2 unspecified atom stereocenters. The standard InChI is InChI=1S/C30H32F3N5O4/c1-30(2,3)42-29(41)35-16-6-5-13-38(15-16)27-17-9-12-23(39)25(17)34-14-22(27)37-28(40)21-11-10-20(33)26(36-21)24-18(31)7-4-8-19(24)32/h4,7-8,10-11,14,16,23,39H,5-6,9,12-13,15H2,1-3H3,(H,35,41)(H,37,40). The molecule has 0 radical (unpaired) electrons. The summed E-state index contributed by atoms with van der Waals surface area (Å²) in [5.74, 6) is -3.75. The molecule has 1 aromatic carbocycles. The summed E-state index contributed by atoms with van der Waals surface area (Å²) in [5, 5.41) is 16.2. The molecule has 12 heteroatoms. The number of piperidine rings is 1. The summed E-state index contributed by atoms with van der Waals surface area (Å²) in [5.41, 5.74) is 0.0739. The van der Waals surface area contributed by atoms with E-state index in [1.807, 2.05) is 4.90 Å². The Bertz CT molecular complexity index is 1510. The highest BCUT2D eigenvalue weighted by molar-refractivity contribution is 6.05. The van der Waals surface area contributed by atoms with Gasteiger partial charge in [-0.1, -0.05) is 6.07 Å². The number of nitrogens with one attached hydrogen (secondary N) is 2. The number of aliphatic hydroxyl groups excluding tert-OH is 1. The molecule has 3 N–H and O–H groups in total. The first kappa shape index (κ1) is 29.3. The number of rotatable bonds is 5. The van der Waals surface area contributed by atoms with Crippen molar-refractivity contribution < 1.29 is 32.6 Å². The van der Waals surface area contributed by atoms with Gasteiger partial charge in [0.25, 0.3) is 5.91 Å². The average Bonchev–Trinajstić information content (AvgIpc) is 3.28. The number of nitrogens with zero attached hydrogens (tertiary/aromatic N) is 3. The molecule has 2 atom stereocenters. The van der Waals surface area contributed by atoms with Crippen molar-refractivity contribution in [1.29, 1.82) is 0 Å². The molecule has 2 aliphatic rings. The minimum absolute atomic E-state index is 0.232. The van der Waals surface area contributed by atoms with Gasteiger partial charge in [-0.05, 0) is 70.7 Å². The maximum absolute atomic E-state index is 14.6. The van der Waals surface area contributed by atoms with Crippen molar-refractivity contribution >= 4 is 23.4 Å². The number of carbonyl (C=O) groups excluding carboxylic acids is 2. The summed E-state index contributed by atoms with van der Waals surface area (Å²) in [4.78, 5) is 36.2. The summed E-state index contributed by atoms with van der Waals surface area (Å²) < 4.78 is 48.8. The minimum Gasteiger partial charge on any atom is -0.444 e. The number of amides is 2. The lowest BCUT2D eigenvalue weighted by molar-refractivity contribution is 0.0500. The van der Waals surface area contributed by atoms with Gasteiger partial charge in [-0.2, -0.15) is 0 Å². The van der Waals surface area contributed by atoms with Gasteiger partial charge < -0.3 is 25.4 Å². The van der Waals surface area contributed by atoms with E-state index in [0.717, 1.165) is 48.7 Å². The number of aliphatic hydroxyl groups is 1. The van der Waals surface area contributed by atoms with Crippen molar-refractivity contribution in [3.05, 3.63) is 70.9 Å². The van der Waals surface area contributed by atoms with Gasteiger partial charge in [0.1, 0.15) is 34.4 Å². The fraction of sp³-hybridized carbons (Fsp3) is 0.400. The summed E-state index contributed by atoms with van der Waals surface area (Å²) in [7, 11) is 0. The van der Waals surface area contributed by atoms with Gasteiger partial charge in [0.2, 0.25) is 0 Å². The quantitative estimate of drug-likeness (QED) is 0.374. The molecule has 3 heterocycles. The monoisotopic (exact) mass is 583 g/mol. The Morgan fingerprint density at radius 2 is 1.81 bits per heavy atom. The molecule has 1 fully saturated rings. The lowest BCUT2D eigenvalue weighted by Crippen LogP contribution is -2.49. The highest BCUT2D eigenvalue weighted by Crippen LogP contribution is 2.41. The first-order valence-corrected chi connectivity index (χ1v) is 13.8. The number of benzene rings is 1. The normalized spacial score (nSPS) is 18.4. The predicted octanol–water partition coefficient (Wildman–Crippen LogP) is 5.29. The molecule has 9 nitrogen and oxygen atoms in total. The lowest BCUT2D eigenvalue weighted by atomic mass is 10.0. The second-order valence-corrected chi connectivity index (χ2v) is 11.4. The molecule has 5 rings (SSSR count). The summed E-state index contributed by atoms with van der Waals surface area (Å²) in [6, 6.07) is 4.93. The molecule has 1 aliphatic heterocycles. The Morgan fingerprint density at radius 1 is 1.07 bits per heavy atom. The second kappa shape index (κ2) is 11.6. The maximum atomic E-state index is 14.6. The number of hydrogen-bond acceptors (Lipinski definition) is 7. The average molecular weight is 584 g/mol. The zero-order chi connectivity index (χ0) is 30.2. The third kappa shape index (κ3) is 6.18. The second-order valence-electron chi connectivity index (χ2n) is 11.4. The first-order valence-electron chi connectivity index (χ1n) is 13.8. The number of alkyl carbamates (subject to hydrolysis) is 1. The van der Waals surface area contributed by atoms with E-state index in [1.165, 1.54) is 6.20 Å². The minimum atomic E-state index is -1.01. The van der Waals surface area contributed by atoms with Crippen LogP contribution >= 0.6 is 0 Å². The zero-order valence-corrected chi connectivity index (χ0v) is 23.5. The maximum Gasteiger partial charge on any atom is 0.407 e. The molecule has 222 valence electrons. The number of pyridine rings is 2. The Labute approximate surface area is 241 Å². The molecule has 42 heavy (non-hydrogen) atoms. The van der Waals surface area contributed by atoms with Crippen LogP contribution in [0.3, 0.4) is 0 Å². The van der Waals surface area contributed by atoms with Crippen LogP contribution in [0.25, 0.3) is 11.3 Å². The third-order valence-corrected chi connectivity index (χ3v) is 7.15. The van der Waals surface area contributed by atoms with E-state index in [9.17, 15) is 27.9 Å². The van der Waals surface area contributed by atoms with Gasteiger partial charge in [-0.3, -0.25) is 9.78 Å². The molecule has 0 saturated carbocycles. The highest BCUT2D eigenvalue weighted by Gasteiger charge is 2.32. The van der Waals surface area contributed by atoms with Gasteiger partial charge in [0.15, 0.2) is 0 Å². The zero-order valence-electron chi connectivity index (χ0n) is 23.5. The van der Waals surface area contributed by atoms with Crippen molar-refractivity contribution in [2.75, 3.05) is 23.3 Å². The predicted molar refractivity (Wildman–Crippen MR) is 150 cm³/mol. The van der Waals surface area contributed by atoms with Crippen LogP contribution in [0.15, 0.2) is 36.5 Å². The van der Waals surface area contributed by atoms with Crippen LogP contribution in [0.2, 0.25) is 0 Å². The van der Waals surface area contributed by atoms with E-state index in [1.54, 1.807) is 20.8 Å². The Kier molecular flexibility index (Phi) is 8.09. The molecule has 2 aromatic heterocycles. The lowest BCUT2D eigenvalue weighted by Gasteiger charge is -2.37. The Morgan fingerprint density at radius 3 is 2.52 bits per heavy atom. The Balaban J connectivity index is 1.44. The van der Waals surface area contributed by atoms with Crippen molar-refractivity contribution in [2.24, 2.45) is 0 Å². The smallest absolute Gasteiger partial charge is 0.407 e. The largest absolute Gasteiger partial charge is 0.444 e. The third-order valence-electron chi connectivity index (χ3n) is 7.15. The van der Waals surface area contributed by atoms with Gasteiger partial charge in [0.05, 0.1) is 34.9 Å². The molecule has 1 saturated heterocycles. The number of aromatic nitrogens is 2. The number of ether oxygens (including phenoxy) is 1. The van der Waals surface area contributed by atoms with Crippen LogP contribution in [0.1, 0.15) is 67.9 Å². The molecule has 0 bridgehead atoms. The van der Waals surface area contributed by atoms with Crippen LogP contribution in [0.5, 0.6) is 0 Å². The fourth-order valence-electron chi connectivity index (χ4n) is 5.39. The van der Waals surface area contributed by atoms with E-state index in [2.05, 4.69) is 20.6 Å². The van der Waals surface area contributed by atoms with Crippen molar-refractivity contribution in [3.63, 3.8) is 0 Å². The molecular weight excluding hydrogens is 551 g/mol. The molecule has 3 aromatic rings. The van der Waals surface area contributed by atoms with Crippen LogP contribution in [-0.2, 0) is 11.2 Å². The number of anilines is 2. The van der Waals surface area contributed by atoms with Gasteiger partial charge in [0, 0.05) is 24.7 Å². The number of fused-ring (bicyclic) bond motifs is 1. The van der Waals surface area contributed by atoms with E-state index >= 15 is 0 Å². The van der Waals surface area contributed by atoms with Crippen LogP contribution in [-0.4, -0.2) is 51.8 Å². The molecular formula is C30H32F3N5O4. The van der Waals surface area contributed by atoms with Crippen LogP contribution < -0.4 is 15.5 Å². The van der Waals surface area contributed by atoms with E-state index in [0.29, 0.717) is 43.0 Å². The van der Waals surface area contributed by atoms with Gasteiger partial charge in [-0.15, -0.1) is 0 Å². The number of carbonyl (C=O) groups is 2. The fourth-order valence-corrected chi connectivity index (χ4v) is 5.39. The SMILES string of the molecule is CC(C)(C)OC(=O)NC1CCCN(c2c(NC(=O)c3ccc(F)c(-c4c(F)cccc4F)n3)cnc3c2CCC3O)C1. The Hall–Kier alpha value is -4.19. The van der Waals surface area contributed by atoms with Crippen molar-refractivity contribution in [2.45, 2.75) is 64.2 Å². The summed E-state index contributed by atoms with van der Waals surface area (Å²) in [6.45, 7) is 6.39. The van der Waals surface area contributed by atoms with Crippen LogP contribution in [0.4, 0.5) is 29.3 Å². The molecule has 1 aliphatic carbocycles. The summed E-state index contributed by atoms with van der Waals surface area (Å²) >= 11 is 0. The van der Waals surface area contributed by atoms with E-state index in [4.69, 9.17) is 4.74 Å². The van der Waals surface area contributed by atoms with E-state index < -0.39 is 52.4 Å². The number of hydrogen-bond donors (Lipinski definition) is 3. The van der Waals surface area contributed by atoms with Gasteiger partial charge in [-0.25, -0.2) is 22.9 Å². The first-order chi connectivity index (χ1) is 19.9. The van der Waals surface area contributed by atoms with E-state index in [-0.39, 0.29) is 11.7 Å². The van der Waals surface area contributed by atoms with Gasteiger partial charge >= 0.3 is 6.09 Å². The van der Waals surface area contributed by atoms with Crippen LogP contribution in [0, 0.1) is 17.5 Å². The topological polar surface area (TPSA) is 117 Å². The molecule has 2 amide bonds. The summed E-state index contributed by atoms with van der Waals surface area (Å²) in [6.07, 6.45) is 2.62. The van der Waals surface area contributed by atoms with Crippen molar-refractivity contribution in [3.8, 4) is 11.3 Å². The molecule has 0 spiro atoms. The highest BCUT2D eigenvalue weighted by atomic mass is 19.1. The van der Waals surface area contributed by atoms with Crippen molar-refractivity contribution in [1.82, 2.24) is 15.3 Å². The number of halogens is 3.